The summed E-state index contributed by atoms with van der Waals surface area (Å²) in [6, 6.07) is 16.3. The molecule has 3 rings (SSSR count). The van der Waals surface area contributed by atoms with Gasteiger partial charge in [-0.1, -0.05) is 24.3 Å². The van der Waals surface area contributed by atoms with E-state index in [0.29, 0.717) is 30.7 Å². The zero-order valence-corrected chi connectivity index (χ0v) is 17.9. The Labute approximate surface area is 174 Å². The summed E-state index contributed by atoms with van der Waals surface area (Å²) in [4.78, 5) is 17.0. The number of aromatic hydroxyl groups is 1. The van der Waals surface area contributed by atoms with Crippen molar-refractivity contribution in [2.24, 2.45) is 0 Å². The Kier molecular flexibility index (Phi) is 6.93. The Bertz CT molecular complexity index is 817. The van der Waals surface area contributed by atoms with Crippen molar-refractivity contribution in [2.75, 3.05) is 26.2 Å². The maximum Gasteiger partial charge on any atom is 0.253 e. The number of nitrogens with one attached hydrogen (secondary N) is 1. The van der Waals surface area contributed by atoms with Gasteiger partial charge in [-0.2, -0.15) is 0 Å². The fourth-order valence-corrected chi connectivity index (χ4v) is 4.18. The second-order valence-corrected chi connectivity index (χ2v) is 7.95. The van der Waals surface area contributed by atoms with E-state index in [1.165, 1.54) is 0 Å². The standard InChI is InChI=1S/C24H33N3O2/c1-5-26(6-2)24(29)20-12-10-19(11-13-20)23(21-8-7-9-22(28)14-21)27-16-17(3)25-15-18(27)4/h7-14,17-18,23,25,28H,5-6,15-16H2,1-4H3/t17-,18+,23?/m1/s1. The van der Waals surface area contributed by atoms with Crippen LogP contribution in [0.1, 0.15) is 55.2 Å². The molecule has 0 bridgehead atoms. The second kappa shape index (κ2) is 9.42. The summed E-state index contributed by atoms with van der Waals surface area (Å²) in [6.45, 7) is 11.7. The molecule has 5 nitrogen and oxygen atoms in total. The van der Waals surface area contributed by atoms with Gasteiger partial charge in [0.05, 0.1) is 6.04 Å². The fraction of sp³-hybridized carbons (Fsp3) is 0.458. The molecular formula is C24H33N3O2. The number of phenolic OH excluding ortho intramolecular Hbond substituents is 1. The Morgan fingerprint density at radius 3 is 2.45 bits per heavy atom. The number of benzene rings is 2. The van der Waals surface area contributed by atoms with Gasteiger partial charge < -0.3 is 15.3 Å². The van der Waals surface area contributed by atoms with Crippen LogP contribution < -0.4 is 5.32 Å². The molecule has 0 aliphatic carbocycles. The molecule has 29 heavy (non-hydrogen) atoms. The maximum absolute atomic E-state index is 12.7. The highest BCUT2D eigenvalue weighted by Gasteiger charge is 2.31. The van der Waals surface area contributed by atoms with Crippen LogP contribution >= 0.6 is 0 Å². The molecule has 1 saturated heterocycles. The third-order valence-corrected chi connectivity index (χ3v) is 5.85. The highest BCUT2D eigenvalue weighted by molar-refractivity contribution is 5.94. The molecule has 2 aromatic carbocycles. The van der Waals surface area contributed by atoms with Crippen LogP contribution in [0.4, 0.5) is 0 Å². The van der Waals surface area contributed by atoms with Gasteiger partial charge in [0.1, 0.15) is 5.75 Å². The predicted octanol–water partition coefficient (Wildman–Crippen LogP) is 3.65. The SMILES string of the molecule is CCN(CC)C(=O)c1ccc(C(c2cccc(O)c2)N2C[C@@H](C)NC[C@@H]2C)cc1. The van der Waals surface area contributed by atoms with Crippen molar-refractivity contribution in [1.82, 2.24) is 15.1 Å². The van der Waals surface area contributed by atoms with Crippen molar-refractivity contribution in [3.05, 3.63) is 65.2 Å². The van der Waals surface area contributed by atoms with Crippen molar-refractivity contribution in [2.45, 2.75) is 45.8 Å². The van der Waals surface area contributed by atoms with E-state index in [1.807, 2.05) is 43.0 Å². The summed E-state index contributed by atoms with van der Waals surface area (Å²) in [7, 11) is 0. The number of hydrogen-bond donors (Lipinski definition) is 2. The number of amides is 1. The highest BCUT2D eigenvalue weighted by Crippen LogP contribution is 2.33. The van der Waals surface area contributed by atoms with Crippen LogP contribution in [-0.4, -0.2) is 59.1 Å². The van der Waals surface area contributed by atoms with Crippen LogP contribution in [-0.2, 0) is 0 Å². The third kappa shape index (κ3) is 4.80. The van der Waals surface area contributed by atoms with Crippen LogP contribution in [0.15, 0.2) is 48.5 Å². The Morgan fingerprint density at radius 1 is 1.14 bits per heavy atom. The minimum atomic E-state index is 0.0271. The van der Waals surface area contributed by atoms with E-state index in [4.69, 9.17) is 0 Å². The number of piperazine rings is 1. The molecule has 156 valence electrons. The van der Waals surface area contributed by atoms with Crippen molar-refractivity contribution < 1.29 is 9.90 Å². The van der Waals surface area contributed by atoms with E-state index in [2.05, 4.69) is 42.3 Å². The zero-order chi connectivity index (χ0) is 21.0. The first-order valence-corrected chi connectivity index (χ1v) is 10.6. The minimum absolute atomic E-state index is 0.0271. The fourth-order valence-electron chi connectivity index (χ4n) is 4.18. The molecule has 1 aliphatic heterocycles. The molecule has 0 saturated carbocycles. The molecular weight excluding hydrogens is 362 g/mol. The molecule has 1 unspecified atom stereocenters. The molecule has 1 fully saturated rings. The maximum atomic E-state index is 12.7. The summed E-state index contributed by atoms with van der Waals surface area (Å²) >= 11 is 0. The van der Waals surface area contributed by atoms with Gasteiger partial charge in [0.25, 0.3) is 5.91 Å². The van der Waals surface area contributed by atoms with Crippen LogP contribution in [0.25, 0.3) is 0 Å². The summed E-state index contributed by atoms with van der Waals surface area (Å²) < 4.78 is 0. The number of nitrogens with zero attached hydrogens (tertiary/aromatic N) is 2. The van der Waals surface area contributed by atoms with Crippen molar-refractivity contribution in [3.63, 3.8) is 0 Å². The molecule has 3 atom stereocenters. The second-order valence-electron chi connectivity index (χ2n) is 7.95. The number of carbonyl (C=O) groups excluding carboxylic acids is 1. The summed E-state index contributed by atoms with van der Waals surface area (Å²) in [5.74, 6) is 0.344. The van der Waals surface area contributed by atoms with Gasteiger partial charge in [0.2, 0.25) is 0 Å². The lowest BCUT2D eigenvalue weighted by Crippen LogP contribution is -2.55. The molecule has 0 aromatic heterocycles. The topological polar surface area (TPSA) is 55.8 Å². The van der Waals surface area contributed by atoms with Crippen LogP contribution in [0.2, 0.25) is 0 Å². The first-order valence-electron chi connectivity index (χ1n) is 10.6. The normalized spacial score (nSPS) is 21.0. The number of hydrogen-bond acceptors (Lipinski definition) is 4. The lowest BCUT2D eigenvalue weighted by atomic mass is 9.93. The highest BCUT2D eigenvalue weighted by atomic mass is 16.3. The van der Waals surface area contributed by atoms with E-state index in [-0.39, 0.29) is 17.7 Å². The molecule has 5 heteroatoms. The average molecular weight is 396 g/mol. The van der Waals surface area contributed by atoms with Gasteiger partial charge >= 0.3 is 0 Å². The molecule has 0 radical (unpaired) electrons. The first-order chi connectivity index (χ1) is 13.9. The smallest absolute Gasteiger partial charge is 0.253 e. The Hall–Kier alpha value is -2.37. The van der Waals surface area contributed by atoms with E-state index in [9.17, 15) is 9.90 Å². The Balaban J connectivity index is 1.97. The van der Waals surface area contributed by atoms with E-state index in [0.717, 1.165) is 24.2 Å². The molecule has 1 heterocycles. The molecule has 1 aliphatic rings. The van der Waals surface area contributed by atoms with Crippen LogP contribution in [0.5, 0.6) is 5.75 Å². The lowest BCUT2D eigenvalue weighted by molar-refractivity contribution is 0.0773. The number of carbonyl (C=O) groups is 1. The van der Waals surface area contributed by atoms with Crippen LogP contribution in [0, 0.1) is 0 Å². The molecule has 2 aromatic rings. The van der Waals surface area contributed by atoms with Gasteiger partial charge in [-0.25, -0.2) is 0 Å². The van der Waals surface area contributed by atoms with Gasteiger partial charge in [0.15, 0.2) is 0 Å². The minimum Gasteiger partial charge on any atom is -0.508 e. The zero-order valence-electron chi connectivity index (χ0n) is 17.9. The van der Waals surface area contributed by atoms with Gasteiger partial charge in [0, 0.05) is 43.8 Å². The Morgan fingerprint density at radius 2 is 1.83 bits per heavy atom. The van der Waals surface area contributed by atoms with E-state index < -0.39 is 0 Å². The van der Waals surface area contributed by atoms with Crippen molar-refractivity contribution in [1.29, 1.82) is 0 Å². The molecule has 2 N–H and O–H groups in total. The monoisotopic (exact) mass is 395 g/mol. The first kappa shape index (κ1) is 21.3. The quantitative estimate of drug-likeness (QED) is 0.784. The van der Waals surface area contributed by atoms with E-state index >= 15 is 0 Å². The van der Waals surface area contributed by atoms with Gasteiger partial charge in [-0.3, -0.25) is 9.69 Å². The summed E-state index contributed by atoms with van der Waals surface area (Å²) in [6.07, 6.45) is 0. The van der Waals surface area contributed by atoms with E-state index in [1.54, 1.807) is 6.07 Å². The molecule has 0 spiro atoms. The predicted molar refractivity (Wildman–Crippen MR) is 117 cm³/mol. The number of rotatable bonds is 6. The summed E-state index contributed by atoms with van der Waals surface area (Å²) in [5, 5.41) is 13.6. The van der Waals surface area contributed by atoms with Crippen molar-refractivity contribution in [3.8, 4) is 5.75 Å². The third-order valence-electron chi connectivity index (χ3n) is 5.85. The van der Waals surface area contributed by atoms with Crippen LogP contribution in [0.3, 0.4) is 0 Å². The van der Waals surface area contributed by atoms with Crippen molar-refractivity contribution >= 4 is 5.91 Å². The van der Waals surface area contributed by atoms with Gasteiger partial charge in [-0.05, 0) is 63.1 Å². The average Bonchev–Trinajstić information content (AvgIpc) is 2.72. The largest absolute Gasteiger partial charge is 0.508 e. The molecule has 1 amide bonds. The lowest BCUT2D eigenvalue weighted by Gasteiger charge is -2.43. The van der Waals surface area contributed by atoms with Gasteiger partial charge in [-0.15, -0.1) is 0 Å². The summed E-state index contributed by atoms with van der Waals surface area (Å²) in [5.41, 5.74) is 2.91. The number of phenols is 1.